The van der Waals surface area contributed by atoms with Crippen molar-refractivity contribution in [3.63, 3.8) is 0 Å². The van der Waals surface area contributed by atoms with E-state index in [9.17, 15) is 18.0 Å². The van der Waals surface area contributed by atoms with Gasteiger partial charge in [0.15, 0.2) is 0 Å². The van der Waals surface area contributed by atoms with Gasteiger partial charge >= 0.3 is 6.18 Å². The van der Waals surface area contributed by atoms with Crippen LogP contribution in [0, 0.1) is 11.3 Å². The van der Waals surface area contributed by atoms with Crippen molar-refractivity contribution in [3.8, 4) is 17.6 Å². The van der Waals surface area contributed by atoms with E-state index in [-0.39, 0.29) is 28.3 Å². The molecule has 8 heteroatoms. The van der Waals surface area contributed by atoms with E-state index in [1.54, 1.807) is 12.1 Å². The lowest BCUT2D eigenvalue weighted by atomic mass is 10.1. The van der Waals surface area contributed by atoms with Crippen molar-refractivity contribution in [1.82, 2.24) is 4.98 Å². The maximum absolute atomic E-state index is 13.2. The van der Waals surface area contributed by atoms with Gasteiger partial charge in [-0.1, -0.05) is 6.07 Å². The normalized spacial score (nSPS) is 10.8. The van der Waals surface area contributed by atoms with Gasteiger partial charge in [0, 0.05) is 23.5 Å². The van der Waals surface area contributed by atoms with Crippen molar-refractivity contribution in [1.29, 1.82) is 5.26 Å². The second-order valence-corrected chi connectivity index (χ2v) is 5.68. The van der Waals surface area contributed by atoms with Crippen LogP contribution in [0.25, 0.3) is 0 Å². The molecule has 0 saturated carbocycles. The Bertz CT molecular complexity index is 1040. The van der Waals surface area contributed by atoms with Gasteiger partial charge in [0.05, 0.1) is 23.4 Å². The Morgan fingerprint density at radius 2 is 1.89 bits per heavy atom. The summed E-state index contributed by atoms with van der Waals surface area (Å²) in [6.07, 6.45) is -1.78. The predicted molar refractivity (Wildman–Crippen MR) is 94.9 cm³/mol. The van der Waals surface area contributed by atoms with Crippen molar-refractivity contribution in [2.24, 2.45) is 0 Å². The lowest BCUT2D eigenvalue weighted by Crippen LogP contribution is -2.13. The number of hydrogen-bond acceptors (Lipinski definition) is 4. The number of benzene rings is 2. The molecule has 0 aliphatic rings. The molecular weight excluding hydrogens is 371 g/mol. The van der Waals surface area contributed by atoms with E-state index in [1.165, 1.54) is 42.7 Å². The van der Waals surface area contributed by atoms with Crippen LogP contribution in [0.4, 0.5) is 18.9 Å². The third kappa shape index (κ3) is 4.65. The van der Waals surface area contributed by atoms with E-state index in [2.05, 4.69) is 10.3 Å². The Balaban J connectivity index is 1.92. The van der Waals surface area contributed by atoms with Gasteiger partial charge in [-0.3, -0.25) is 9.78 Å². The Kier molecular flexibility index (Phi) is 5.27. The Labute approximate surface area is 158 Å². The zero-order chi connectivity index (χ0) is 20.1. The first-order valence-electron chi connectivity index (χ1n) is 7.97. The smallest absolute Gasteiger partial charge is 0.416 e. The van der Waals surface area contributed by atoms with Crippen LogP contribution < -0.4 is 10.1 Å². The van der Waals surface area contributed by atoms with E-state index < -0.39 is 17.6 Å². The van der Waals surface area contributed by atoms with Crippen LogP contribution in [0.2, 0.25) is 0 Å². The molecule has 0 fully saturated rings. The number of halogens is 3. The number of carbonyl (C=O) groups excluding carboxylic acids is 1. The first kappa shape index (κ1) is 18.9. The highest BCUT2D eigenvalue weighted by Gasteiger charge is 2.31. The number of hydrogen-bond donors (Lipinski definition) is 1. The molecule has 0 spiro atoms. The highest BCUT2D eigenvalue weighted by Crippen LogP contribution is 2.35. The zero-order valence-corrected chi connectivity index (χ0v) is 14.2. The average molecular weight is 383 g/mol. The summed E-state index contributed by atoms with van der Waals surface area (Å²) in [4.78, 5) is 16.2. The van der Waals surface area contributed by atoms with E-state index in [4.69, 9.17) is 10.00 Å². The lowest BCUT2D eigenvalue weighted by molar-refractivity contribution is -0.137. The number of rotatable bonds is 4. The number of nitriles is 1. The second-order valence-electron chi connectivity index (χ2n) is 5.68. The number of anilines is 1. The zero-order valence-electron chi connectivity index (χ0n) is 14.2. The number of amides is 1. The molecule has 0 bridgehead atoms. The molecule has 3 rings (SSSR count). The van der Waals surface area contributed by atoms with Gasteiger partial charge in [-0.2, -0.15) is 18.4 Å². The molecular formula is C20H12F3N3O2. The molecule has 0 aliphatic carbocycles. The number of pyridine rings is 1. The van der Waals surface area contributed by atoms with Crippen molar-refractivity contribution >= 4 is 11.6 Å². The monoisotopic (exact) mass is 383 g/mol. The van der Waals surface area contributed by atoms with Gasteiger partial charge in [0.25, 0.3) is 5.91 Å². The van der Waals surface area contributed by atoms with Crippen molar-refractivity contribution < 1.29 is 22.7 Å². The Morgan fingerprint density at radius 3 is 2.57 bits per heavy atom. The largest absolute Gasteiger partial charge is 0.456 e. The maximum atomic E-state index is 13.2. The van der Waals surface area contributed by atoms with Gasteiger partial charge in [0.1, 0.15) is 11.5 Å². The third-order valence-electron chi connectivity index (χ3n) is 3.62. The summed E-state index contributed by atoms with van der Waals surface area (Å²) in [5.41, 5.74) is -0.667. The molecule has 140 valence electrons. The minimum atomic E-state index is -4.63. The Hall–Kier alpha value is -3.86. The average Bonchev–Trinajstić information content (AvgIpc) is 2.68. The molecule has 0 radical (unpaired) electrons. The summed E-state index contributed by atoms with van der Waals surface area (Å²) < 4.78 is 45.1. The summed E-state index contributed by atoms with van der Waals surface area (Å²) >= 11 is 0. The minimum Gasteiger partial charge on any atom is -0.456 e. The van der Waals surface area contributed by atoms with Crippen molar-refractivity contribution in [2.45, 2.75) is 6.18 Å². The van der Waals surface area contributed by atoms with Crippen LogP contribution >= 0.6 is 0 Å². The summed E-state index contributed by atoms with van der Waals surface area (Å²) in [7, 11) is 0. The Morgan fingerprint density at radius 1 is 1.07 bits per heavy atom. The number of aromatic nitrogens is 1. The fourth-order valence-electron chi connectivity index (χ4n) is 2.37. The van der Waals surface area contributed by atoms with Crippen LogP contribution in [-0.4, -0.2) is 10.9 Å². The molecule has 3 aromatic rings. The number of ether oxygens (including phenoxy) is 1. The van der Waals surface area contributed by atoms with Crippen molar-refractivity contribution in [3.05, 3.63) is 83.7 Å². The minimum absolute atomic E-state index is 0.0962. The van der Waals surface area contributed by atoms with Crippen molar-refractivity contribution in [2.75, 3.05) is 5.32 Å². The molecule has 28 heavy (non-hydrogen) atoms. The van der Waals surface area contributed by atoms with Gasteiger partial charge in [-0.15, -0.1) is 0 Å². The standard InChI is InChI=1S/C20H12F3N3O2/c21-20(22,23)15-8-16(10-18(9-15)28-17-5-2-6-25-12-17)26-19(27)14-4-1-3-13(7-14)11-24/h1-10,12H,(H,26,27). The van der Waals surface area contributed by atoms with Gasteiger partial charge in [0.2, 0.25) is 0 Å². The van der Waals surface area contributed by atoms with Gasteiger partial charge in [-0.25, -0.2) is 0 Å². The van der Waals surface area contributed by atoms with Crippen LogP contribution in [0.15, 0.2) is 67.0 Å². The SMILES string of the molecule is N#Cc1cccc(C(=O)Nc2cc(Oc3cccnc3)cc(C(F)(F)F)c2)c1. The van der Waals surface area contributed by atoms with Gasteiger partial charge in [-0.05, 0) is 42.5 Å². The molecule has 5 nitrogen and oxygen atoms in total. The second kappa shape index (κ2) is 7.80. The number of alkyl halides is 3. The molecule has 0 atom stereocenters. The summed E-state index contributed by atoms with van der Waals surface area (Å²) in [6, 6.07) is 13.8. The van der Waals surface area contributed by atoms with E-state index in [0.717, 1.165) is 12.1 Å². The first-order chi connectivity index (χ1) is 13.3. The van der Waals surface area contributed by atoms with E-state index >= 15 is 0 Å². The fraction of sp³-hybridized carbons (Fsp3) is 0.0500. The highest BCUT2D eigenvalue weighted by atomic mass is 19.4. The van der Waals surface area contributed by atoms with Crippen LogP contribution in [0.1, 0.15) is 21.5 Å². The van der Waals surface area contributed by atoms with E-state index in [1.807, 2.05) is 6.07 Å². The highest BCUT2D eigenvalue weighted by molar-refractivity contribution is 6.04. The predicted octanol–water partition coefficient (Wildman–Crippen LogP) is 5.02. The molecule has 2 aromatic carbocycles. The van der Waals surface area contributed by atoms with E-state index in [0.29, 0.717) is 0 Å². The molecule has 1 amide bonds. The molecule has 1 aromatic heterocycles. The maximum Gasteiger partial charge on any atom is 0.416 e. The molecule has 0 aliphatic heterocycles. The number of carbonyl (C=O) groups is 1. The number of nitrogens with zero attached hydrogens (tertiary/aromatic N) is 2. The van der Waals surface area contributed by atoms with Crippen LogP contribution in [-0.2, 0) is 6.18 Å². The number of nitrogens with one attached hydrogen (secondary N) is 1. The quantitative estimate of drug-likeness (QED) is 0.687. The first-order valence-corrected chi connectivity index (χ1v) is 7.97. The summed E-state index contributed by atoms with van der Waals surface area (Å²) in [5.74, 6) is -0.506. The molecule has 0 saturated heterocycles. The fourth-order valence-corrected chi connectivity index (χ4v) is 2.37. The third-order valence-corrected chi connectivity index (χ3v) is 3.62. The summed E-state index contributed by atoms with van der Waals surface area (Å²) in [6.45, 7) is 0. The molecule has 1 heterocycles. The van der Waals surface area contributed by atoms with Gasteiger partial charge < -0.3 is 10.1 Å². The molecule has 0 unspecified atom stereocenters. The topological polar surface area (TPSA) is 75.0 Å². The van der Waals surface area contributed by atoms with Crippen LogP contribution in [0.3, 0.4) is 0 Å². The van der Waals surface area contributed by atoms with Crippen LogP contribution in [0.5, 0.6) is 11.5 Å². The lowest BCUT2D eigenvalue weighted by Gasteiger charge is -2.14. The molecule has 1 N–H and O–H groups in total. The summed E-state index contributed by atoms with van der Waals surface area (Å²) in [5, 5.41) is 11.3.